The van der Waals surface area contributed by atoms with Crippen LogP contribution in [0.4, 0.5) is 0 Å². The molecule has 0 bridgehead atoms. The van der Waals surface area contributed by atoms with E-state index in [1.54, 1.807) is 6.21 Å². The summed E-state index contributed by atoms with van der Waals surface area (Å²) >= 11 is 0. The maximum absolute atomic E-state index is 7.13. The summed E-state index contributed by atoms with van der Waals surface area (Å²) in [4.78, 5) is 0. The summed E-state index contributed by atoms with van der Waals surface area (Å²) in [5.41, 5.74) is 1.70. The summed E-state index contributed by atoms with van der Waals surface area (Å²) in [6.45, 7) is 6.17. The van der Waals surface area contributed by atoms with E-state index in [1.165, 1.54) is 18.4 Å². The van der Waals surface area contributed by atoms with Gasteiger partial charge < -0.3 is 5.41 Å². The zero-order chi connectivity index (χ0) is 8.06. The molecule has 0 radical (unpaired) electrons. The van der Waals surface area contributed by atoms with Crippen molar-refractivity contribution in [3.63, 3.8) is 0 Å². The summed E-state index contributed by atoms with van der Waals surface area (Å²) in [6, 6.07) is 0. The highest BCUT2D eigenvalue weighted by molar-refractivity contribution is 5.58. The van der Waals surface area contributed by atoms with E-state index in [4.69, 9.17) is 5.41 Å². The molecule has 0 aliphatic heterocycles. The maximum Gasteiger partial charge on any atom is 0.00179 e. The van der Waals surface area contributed by atoms with Crippen LogP contribution >= 0.6 is 0 Å². The Bertz CT molecular complexity index is 207. The molecule has 1 N–H and O–H groups in total. The van der Waals surface area contributed by atoms with Crippen molar-refractivity contribution in [3.8, 4) is 0 Å². The van der Waals surface area contributed by atoms with Crippen molar-refractivity contribution in [2.75, 3.05) is 0 Å². The van der Waals surface area contributed by atoms with E-state index in [0.717, 1.165) is 18.3 Å². The normalized spacial score (nSPS) is 45.5. The summed E-state index contributed by atoms with van der Waals surface area (Å²) in [7, 11) is 0. The van der Waals surface area contributed by atoms with Crippen LogP contribution in [-0.4, -0.2) is 6.21 Å². The number of nitrogens with one attached hydrogen (secondary N) is 1. The van der Waals surface area contributed by atoms with Crippen LogP contribution in [0.25, 0.3) is 0 Å². The van der Waals surface area contributed by atoms with E-state index in [2.05, 4.69) is 13.5 Å². The van der Waals surface area contributed by atoms with E-state index >= 15 is 0 Å². The molecule has 0 aromatic heterocycles. The second kappa shape index (κ2) is 1.96. The minimum atomic E-state index is 0.391. The Morgan fingerprint density at radius 3 is 2.45 bits per heavy atom. The van der Waals surface area contributed by atoms with Gasteiger partial charge in [0.1, 0.15) is 0 Å². The molecule has 1 heteroatoms. The third kappa shape index (κ3) is 0.640. The van der Waals surface area contributed by atoms with E-state index in [-0.39, 0.29) is 0 Å². The summed E-state index contributed by atoms with van der Waals surface area (Å²) in [5, 5.41) is 7.13. The van der Waals surface area contributed by atoms with Gasteiger partial charge in [0.25, 0.3) is 0 Å². The number of fused-ring (bicyclic) bond motifs is 1. The Morgan fingerprint density at radius 2 is 2.18 bits per heavy atom. The first-order valence-electron chi connectivity index (χ1n) is 4.38. The Balaban J connectivity index is 2.17. The van der Waals surface area contributed by atoms with E-state index < -0.39 is 0 Å². The van der Waals surface area contributed by atoms with Crippen LogP contribution in [0.1, 0.15) is 26.2 Å². The van der Waals surface area contributed by atoms with Crippen molar-refractivity contribution in [2.24, 2.45) is 17.3 Å². The lowest BCUT2D eigenvalue weighted by molar-refractivity contribution is 0.468. The van der Waals surface area contributed by atoms with Crippen molar-refractivity contribution in [1.82, 2.24) is 0 Å². The van der Waals surface area contributed by atoms with Gasteiger partial charge in [0.2, 0.25) is 0 Å². The number of allylic oxidation sites excluding steroid dienone is 1. The van der Waals surface area contributed by atoms with Crippen LogP contribution in [0.15, 0.2) is 12.2 Å². The molecule has 0 spiro atoms. The molecule has 2 saturated carbocycles. The third-order valence-electron chi connectivity index (χ3n) is 3.72. The van der Waals surface area contributed by atoms with Crippen LogP contribution in [0.2, 0.25) is 0 Å². The fourth-order valence-corrected chi connectivity index (χ4v) is 2.90. The number of hydrogen-bond acceptors (Lipinski definition) is 1. The molecule has 0 heterocycles. The first-order valence-corrected chi connectivity index (χ1v) is 4.38. The molecule has 0 aromatic rings. The smallest absolute Gasteiger partial charge is 0.00179 e. The average Bonchev–Trinajstić information content (AvgIpc) is 2.28. The first kappa shape index (κ1) is 7.08. The van der Waals surface area contributed by atoms with Gasteiger partial charge in [0.15, 0.2) is 0 Å². The van der Waals surface area contributed by atoms with Gasteiger partial charge in [-0.1, -0.05) is 12.2 Å². The van der Waals surface area contributed by atoms with Crippen molar-refractivity contribution in [1.29, 1.82) is 5.41 Å². The highest BCUT2D eigenvalue weighted by atomic mass is 14.7. The SMILES string of the molecule is C=C(C)C1(CC=N)C2CCC21. The van der Waals surface area contributed by atoms with Gasteiger partial charge in [-0.2, -0.15) is 0 Å². The molecule has 2 aliphatic carbocycles. The molecule has 2 rings (SSSR count). The first-order chi connectivity index (χ1) is 5.23. The fraction of sp³-hybridized carbons (Fsp3) is 0.700. The van der Waals surface area contributed by atoms with Crippen LogP contribution in [-0.2, 0) is 0 Å². The summed E-state index contributed by atoms with van der Waals surface area (Å²) in [5.74, 6) is 1.81. The molecule has 2 fully saturated rings. The van der Waals surface area contributed by atoms with Crippen LogP contribution in [0.5, 0.6) is 0 Å². The van der Waals surface area contributed by atoms with Gasteiger partial charge in [-0.25, -0.2) is 0 Å². The highest BCUT2D eigenvalue weighted by Crippen LogP contribution is 2.74. The minimum Gasteiger partial charge on any atom is -0.313 e. The molecular formula is C10H15N. The van der Waals surface area contributed by atoms with Gasteiger partial charge in [-0.15, -0.1) is 0 Å². The lowest BCUT2D eigenvalue weighted by Crippen LogP contribution is -2.04. The molecule has 2 atom stereocenters. The lowest BCUT2D eigenvalue weighted by atomic mass is 9.92. The average molecular weight is 149 g/mol. The Kier molecular flexibility index (Phi) is 1.26. The van der Waals surface area contributed by atoms with Gasteiger partial charge in [0, 0.05) is 5.41 Å². The zero-order valence-corrected chi connectivity index (χ0v) is 7.06. The Labute approximate surface area is 68.0 Å². The van der Waals surface area contributed by atoms with Gasteiger partial charge in [-0.3, -0.25) is 0 Å². The summed E-state index contributed by atoms with van der Waals surface area (Å²) in [6.07, 6.45) is 5.27. The maximum atomic E-state index is 7.13. The monoisotopic (exact) mass is 149 g/mol. The van der Waals surface area contributed by atoms with Gasteiger partial charge in [0.05, 0.1) is 0 Å². The van der Waals surface area contributed by atoms with E-state index in [9.17, 15) is 0 Å². The van der Waals surface area contributed by atoms with Crippen molar-refractivity contribution < 1.29 is 0 Å². The second-order valence-electron chi connectivity index (χ2n) is 4.02. The molecule has 60 valence electrons. The van der Waals surface area contributed by atoms with Crippen molar-refractivity contribution >= 4 is 6.21 Å². The van der Waals surface area contributed by atoms with Crippen molar-refractivity contribution in [2.45, 2.75) is 26.2 Å². The van der Waals surface area contributed by atoms with Gasteiger partial charge >= 0.3 is 0 Å². The van der Waals surface area contributed by atoms with Crippen LogP contribution < -0.4 is 0 Å². The Morgan fingerprint density at radius 1 is 1.64 bits per heavy atom. The molecule has 2 aliphatic rings. The molecule has 0 aromatic carbocycles. The summed E-state index contributed by atoms with van der Waals surface area (Å²) < 4.78 is 0. The van der Waals surface area contributed by atoms with E-state index in [1.807, 2.05) is 0 Å². The van der Waals surface area contributed by atoms with Crippen LogP contribution in [0.3, 0.4) is 0 Å². The highest BCUT2D eigenvalue weighted by Gasteiger charge is 2.68. The molecule has 2 unspecified atom stereocenters. The standard InChI is InChI=1S/C10H15N/c1-7(2)10(5-6-11)8-3-4-9(8)10/h6,8-9,11H,1,3-5H2,2H3. The number of rotatable bonds is 3. The van der Waals surface area contributed by atoms with Crippen molar-refractivity contribution in [3.05, 3.63) is 12.2 Å². The molecule has 0 saturated heterocycles. The lowest BCUT2D eigenvalue weighted by Gasteiger charge is -2.12. The van der Waals surface area contributed by atoms with Crippen LogP contribution in [0, 0.1) is 22.7 Å². The largest absolute Gasteiger partial charge is 0.313 e. The quantitative estimate of drug-likeness (QED) is 0.471. The molecule has 1 nitrogen and oxygen atoms in total. The predicted molar refractivity (Wildman–Crippen MR) is 46.9 cm³/mol. The third-order valence-corrected chi connectivity index (χ3v) is 3.72. The topological polar surface area (TPSA) is 23.9 Å². The fourth-order valence-electron chi connectivity index (χ4n) is 2.90. The van der Waals surface area contributed by atoms with E-state index in [0.29, 0.717) is 5.41 Å². The Hall–Kier alpha value is -0.590. The predicted octanol–water partition coefficient (Wildman–Crippen LogP) is 2.63. The molecule has 11 heavy (non-hydrogen) atoms. The minimum absolute atomic E-state index is 0.391. The molecular weight excluding hydrogens is 134 g/mol. The molecule has 0 amide bonds. The zero-order valence-electron chi connectivity index (χ0n) is 7.06. The second-order valence-corrected chi connectivity index (χ2v) is 4.02. The van der Waals surface area contributed by atoms with Gasteiger partial charge in [-0.05, 0) is 44.2 Å². The number of hydrogen-bond donors (Lipinski definition) is 1.